The van der Waals surface area contributed by atoms with Crippen molar-refractivity contribution in [1.29, 1.82) is 5.26 Å². The second-order valence-electron chi connectivity index (χ2n) is 7.38. The predicted octanol–water partition coefficient (Wildman–Crippen LogP) is 4.44. The van der Waals surface area contributed by atoms with Crippen molar-refractivity contribution in [3.63, 3.8) is 0 Å². The summed E-state index contributed by atoms with van der Waals surface area (Å²) in [6.07, 6.45) is 3.69. The van der Waals surface area contributed by atoms with Crippen molar-refractivity contribution in [2.75, 3.05) is 25.4 Å². The molecule has 0 N–H and O–H groups in total. The number of halogens is 1. The first-order valence-electron chi connectivity index (χ1n) is 10.4. The minimum atomic E-state index is -0.264. The molecule has 0 spiro atoms. The van der Waals surface area contributed by atoms with E-state index in [-0.39, 0.29) is 5.82 Å². The third kappa shape index (κ3) is 5.63. The lowest BCUT2D eigenvalue weighted by Gasteiger charge is -2.26. The summed E-state index contributed by atoms with van der Waals surface area (Å²) in [5, 5.41) is 18.5. The van der Waals surface area contributed by atoms with Gasteiger partial charge < -0.3 is 4.74 Å². The van der Waals surface area contributed by atoms with Crippen molar-refractivity contribution in [3.05, 3.63) is 65.7 Å². The van der Waals surface area contributed by atoms with Gasteiger partial charge in [-0.15, -0.1) is 10.2 Å². The molecule has 0 amide bonds. The first-order chi connectivity index (χ1) is 15.2. The number of piperidine rings is 1. The lowest BCUT2D eigenvalue weighted by molar-refractivity contribution is 0.214. The quantitative estimate of drug-likeness (QED) is 0.384. The molecule has 1 fully saturated rings. The van der Waals surface area contributed by atoms with Crippen molar-refractivity contribution >= 4 is 11.8 Å². The van der Waals surface area contributed by atoms with Crippen LogP contribution in [0.25, 0.3) is 5.69 Å². The van der Waals surface area contributed by atoms with Crippen LogP contribution < -0.4 is 4.74 Å². The van der Waals surface area contributed by atoms with Gasteiger partial charge in [-0.1, -0.05) is 18.2 Å². The summed E-state index contributed by atoms with van der Waals surface area (Å²) in [7, 11) is 0. The van der Waals surface area contributed by atoms with Gasteiger partial charge in [-0.3, -0.25) is 9.47 Å². The molecule has 0 unspecified atom stereocenters. The van der Waals surface area contributed by atoms with Gasteiger partial charge in [0.2, 0.25) is 0 Å². The molecule has 2 heterocycles. The number of nitrogens with zero attached hydrogens (tertiary/aromatic N) is 5. The van der Waals surface area contributed by atoms with Crippen LogP contribution in [0.1, 0.15) is 30.7 Å². The summed E-state index contributed by atoms with van der Waals surface area (Å²) in [5.74, 6) is 2.01. The molecule has 1 aliphatic rings. The number of benzene rings is 2. The van der Waals surface area contributed by atoms with Crippen LogP contribution in [0.5, 0.6) is 5.75 Å². The van der Waals surface area contributed by atoms with Crippen LogP contribution >= 0.6 is 11.8 Å². The number of likely N-dealkylation sites (tertiary alicyclic amines) is 1. The van der Waals surface area contributed by atoms with Gasteiger partial charge in [-0.05, 0) is 74.5 Å². The summed E-state index contributed by atoms with van der Waals surface area (Å²) < 4.78 is 21.3. The SMILES string of the molecule is N#Cc1ccc(OCCSc2nnc(CN3CCCCC3)n2-c2ccc(F)cc2)cc1. The first-order valence-corrected chi connectivity index (χ1v) is 11.4. The molecule has 0 radical (unpaired) electrons. The molecule has 3 aromatic rings. The van der Waals surface area contributed by atoms with Gasteiger partial charge in [0.25, 0.3) is 0 Å². The number of nitriles is 1. The maximum absolute atomic E-state index is 13.5. The Morgan fingerprint density at radius 2 is 1.74 bits per heavy atom. The first kappa shape index (κ1) is 21.3. The zero-order valence-electron chi connectivity index (χ0n) is 17.2. The maximum atomic E-state index is 13.5. The third-order valence-electron chi connectivity index (χ3n) is 5.17. The molecule has 0 atom stereocenters. The molecule has 6 nitrogen and oxygen atoms in total. The van der Waals surface area contributed by atoms with E-state index in [1.54, 1.807) is 48.2 Å². The highest BCUT2D eigenvalue weighted by Gasteiger charge is 2.19. The van der Waals surface area contributed by atoms with Gasteiger partial charge in [0.05, 0.1) is 24.8 Å². The van der Waals surface area contributed by atoms with E-state index in [0.29, 0.717) is 17.9 Å². The average Bonchev–Trinajstić information content (AvgIpc) is 3.20. The largest absolute Gasteiger partial charge is 0.493 e. The highest BCUT2D eigenvalue weighted by molar-refractivity contribution is 7.99. The van der Waals surface area contributed by atoms with E-state index in [9.17, 15) is 4.39 Å². The summed E-state index contributed by atoms with van der Waals surface area (Å²) >= 11 is 1.56. The van der Waals surface area contributed by atoms with E-state index < -0.39 is 0 Å². The van der Waals surface area contributed by atoms with E-state index in [1.165, 1.54) is 31.4 Å². The Hall–Kier alpha value is -2.89. The van der Waals surface area contributed by atoms with Gasteiger partial charge in [-0.25, -0.2) is 4.39 Å². The smallest absolute Gasteiger partial charge is 0.195 e. The highest BCUT2D eigenvalue weighted by Crippen LogP contribution is 2.24. The molecule has 0 bridgehead atoms. The molecule has 4 rings (SSSR count). The summed E-state index contributed by atoms with van der Waals surface area (Å²) in [6.45, 7) is 3.36. The molecule has 0 saturated carbocycles. The second kappa shape index (κ2) is 10.4. The van der Waals surface area contributed by atoms with Crippen molar-refractivity contribution in [3.8, 4) is 17.5 Å². The monoisotopic (exact) mass is 437 g/mol. The number of rotatable bonds is 8. The summed E-state index contributed by atoms with van der Waals surface area (Å²) in [4.78, 5) is 2.40. The van der Waals surface area contributed by atoms with E-state index >= 15 is 0 Å². The van der Waals surface area contributed by atoms with Crippen molar-refractivity contribution in [1.82, 2.24) is 19.7 Å². The topological polar surface area (TPSA) is 67.0 Å². The summed E-state index contributed by atoms with van der Waals surface area (Å²) in [6, 6.07) is 15.6. The van der Waals surface area contributed by atoms with Gasteiger partial charge in [0, 0.05) is 11.4 Å². The fourth-order valence-electron chi connectivity index (χ4n) is 3.58. The van der Waals surface area contributed by atoms with Crippen LogP contribution in [0.15, 0.2) is 53.7 Å². The predicted molar refractivity (Wildman–Crippen MR) is 118 cm³/mol. The fraction of sp³-hybridized carbons (Fsp3) is 0.348. The number of hydrogen-bond donors (Lipinski definition) is 0. The third-order valence-corrected chi connectivity index (χ3v) is 6.06. The van der Waals surface area contributed by atoms with Crippen LogP contribution in [0.3, 0.4) is 0 Å². The number of hydrogen-bond acceptors (Lipinski definition) is 6. The maximum Gasteiger partial charge on any atom is 0.195 e. The molecular weight excluding hydrogens is 413 g/mol. The zero-order valence-corrected chi connectivity index (χ0v) is 18.0. The number of ether oxygens (including phenoxy) is 1. The Kier molecular flexibility index (Phi) is 7.18. The van der Waals surface area contributed by atoms with Crippen LogP contribution in [-0.2, 0) is 6.54 Å². The van der Waals surface area contributed by atoms with E-state index in [1.807, 2.05) is 4.57 Å². The van der Waals surface area contributed by atoms with Crippen molar-refractivity contribution in [2.24, 2.45) is 0 Å². The Labute approximate surface area is 185 Å². The Morgan fingerprint density at radius 1 is 1.00 bits per heavy atom. The molecule has 0 aliphatic carbocycles. The molecule has 2 aromatic carbocycles. The lowest BCUT2D eigenvalue weighted by Crippen LogP contribution is -2.30. The van der Waals surface area contributed by atoms with Crippen molar-refractivity contribution < 1.29 is 9.13 Å². The van der Waals surface area contributed by atoms with Crippen molar-refractivity contribution in [2.45, 2.75) is 31.0 Å². The minimum absolute atomic E-state index is 0.264. The normalized spacial score (nSPS) is 14.3. The Bertz CT molecular complexity index is 1020. The molecule has 8 heteroatoms. The van der Waals surface area contributed by atoms with E-state index in [4.69, 9.17) is 10.00 Å². The molecule has 1 saturated heterocycles. The van der Waals surface area contributed by atoms with Crippen LogP contribution in [-0.4, -0.2) is 45.1 Å². The number of thioether (sulfide) groups is 1. The standard InChI is InChI=1S/C23H24FN5OS/c24-19-6-8-20(9-7-19)29-22(17-28-12-2-1-3-13-28)26-27-23(29)31-15-14-30-21-10-4-18(16-25)5-11-21/h4-11H,1-3,12-15,17H2. The summed E-state index contributed by atoms with van der Waals surface area (Å²) in [5.41, 5.74) is 1.46. The molecule has 1 aliphatic heterocycles. The van der Waals surface area contributed by atoms with Gasteiger partial charge >= 0.3 is 0 Å². The van der Waals surface area contributed by atoms with Crippen LogP contribution in [0.4, 0.5) is 4.39 Å². The second-order valence-corrected chi connectivity index (χ2v) is 8.44. The fourth-order valence-corrected chi connectivity index (χ4v) is 4.37. The minimum Gasteiger partial charge on any atom is -0.493 e. The highest BCUT2D eigenvalue weighted by atomic mass is 32.2. The lowest BCUT2D eigenvalue weighted by atomic mass is 10.1. The molecular formula is C23H24FN5OS. The van der Waals surface area contributed by atoms with Crippen LogP contribution in [0.2, 0.25) is 0 Å². The Balaban J connectivity index is 1.44. The van der Waals surface area contributed by atoms with E-state index in [2.05, 4.69) is 21.2 Å². The average molecular weight is 438 g/mol. The molecule has 31 heavy (non-hydrogen) atoms. The molecule has 1 aromatic heterocycles. The Morgan fingerprint density at radius 3 is 2.45 bits per heavy atom. The van der Waals surface area contributed by atoms with Gasteiger partial charge in [0.1, 0.15) is 11.6 Å². The molecule has 160 valence electrons. The zero-order chi connectivity index (χ0) is 21.5. The number of aromatic nitrogens is 3. The van der Waals surface area contributed by atoms with Gasteiger partial charge in [0.15, 0.2) is 11.0 Å². The van der Waals surface area contributed by atoms with Crippen LogP contribution in [0, 0.1) is 17.1 Å². The van der Waals surface area contributed by atoms with Gasteiger partial charge in [-0.2, -0.15) is 5.26 Å². The van der Waals surface area contributed by atoms with E-state index in [0.717, 1.165) is 42.1 Å².